The van der Waals surface area contributed by atoms with Gasteiger partial charge in [-0.05, 0) is 32.0 Å². The highest BCUT2D eigenvalue weighted by molar-refractivity contribution is 5.94. The number of carbonyl (C=O) groups is 2. The lowest BCUT2D eigenvalue weighted by molar-refractivity contribution is -0.151. The minimum absolute atomic E-state index is 0.00562. The molecule has 0 spiro atoms. The average Bonchev–Trinajstić information content (AvgIpc) is 2.90. The first-order chi connectivity index (χ1) is 16.9. The summed E-state index contributed by atoms with van der Waals surface area (Å²) in [4.78, 5) is 32.0. The molecule has 1 saturated heterocycles. The van der Waals surface area contributed by atoms with Crippen molar-refractivity contribution in [3.63, 3.8) is 0 Å². The van der Waals surface area contributed by atoms with E-state index in [1.165, 1.54) is 7.11 Å². The van der Waals surface area contributed by atoms with Crippen LogP contribution in [0.1, 0.15) is 41.3 Å². The average molecular weight is 473 g/mol. The van der Waals surface area contributed by atoms with Crippen LogP contribution in [0.15, 0.2) is 60.8 Å². The Morgan fingerprint density at radius 2 is 1.71 bits per heavy atom. The van der Waals surface area contributed by atoms with Crippen molar-refractivity contribution in [2.75, 3.05) is 33.4 Å². The highest BCUT2D eigenvalue weighted by Crippen LogP contribution is 2.52. The number of rotatable bonds is 4. The number of fused-ring (bicyclic) bond motifs is 2. The zero-order chi connectivity index (χ0) is 24.6. The number of para-hydroxylation sites is 1. The summed E-state index contributed by atoms with van der Waals surface area (Å²) in [6, 6.07) is 17.1. The Balaban J connectivity index is 1.48. The molecular formula is C28H28N2O5. The lowest BCUT2D eigenvalue weighted by Gasteiger charge is -2.37. The number of aromatic nitrogens is 1. The van der Waals surface area contributed by atoms with Gasteiger partial charge < -0.3 is 19.1 Å². The number of methoxy groups -OCH3 is 1. The molecule has 35 heavy (non-hydrogen) atoms. The zero-order valence-corrected chi connectivity index (χ0v) is 20.1. The molecular weight excluding hydrogens is 444 g/mol. The van der Waals surface area contributed by atoms with Gasteiger partial charge in [0.15, 0.2) is 0 Å². The molecule has 2 aliphatic rings. The number of nitrogens with zero attached hydrogens (tertiary/aromatic N) is 2. The minimum atomic E-state index is -0.825. The lowest BCUT2D eigenvalue weighted by atomic mass is 9.70. The Morgan fingerprint density at radius 1 is 1.00 bits per heavy atom. The van der Waals surface area contributed by atoms with Crippen molar-refractivity contribution in [2.24, 2.45) is 5.41 Å². The van der Waals surface area contributed by atoms with Crippen molar-refractivity contribution in [3.05, 3.63) is 77.5 Å². The van der Waals surface area contributed by atoms with Gasteiger partial charge in [-0.1, -0.05) is 30.3 Å². The van der Waals surface area contributed by atoms with Gasteiger partial charge in [0.2, 0.25) is 0 Å². The highest BCUT2D eigenvalue weighted by Gasteiger charge is 2.44. The van der Waals surface area contributed by atoms with Gasteiger partial charge in [0.1, 0.15) is 11.5 Å². The van der Waals surface area contributed by atoms with Crippen LogP contribution in [0.4, 0.5) is 0 Å². The first-order valence-corrected chi connectivity index (χ1v) is 11.7. The van der Waals surface area contributed by atoms with E-state index in [0.29, 0.717) is 43.4 Å². The van der Waals surface area contributed by atoms with Gasteiger partial charge in [-0.3, -0.25) is 14.6 Å². The van der Waals surface area contributed by atoms with Crippen molar-refractivity contribution in [3.8, 4) is 22.8 Å². The van der Waals surface area contributed by atoms with Gasteiger partial charge in [0.25, 0.3) is 5.91 Å². The maximum Gasteiger partial charge on any atom is 0.312 e. The number of benzene rings is 2. The van der Waals surface area contributed by atoms with Crippen molar-refractivity contribution >= 4 is 11.9 Å². The summed E-state index contributed by atoms with van der Waals surface area (Å²) < 4.78 is 16.7. The molecule has 5 rings (SSSR count). The van der Waals surface area contributed by atoms with Gasteiger partial charge in [-0.15, -0.1) is 0 Å². The van der Waals surface area contributed by atoms with Gasteiger partial charge >= 0.3 is 5.97 Å². The van der Waals surface area contributed by atoms with E-state index in [1.807, 2.05) is 73.3 Å². The predicted octanol–water partition coefficient (Wildman–Crippen LogP) is 4.66. The monoisotopic (exact) mass is 472 g/mol. The molecule has 1 unspecified atom stereocenters. The smallest absolute Gasteiger partial charge is 0.312 e. The van der Waals surface area contributed by atoms with E-state index in [-0.39, 0.29) is 17.8 Å². The molecule has 3 aromatic rings. The molecule has 7 heteroatoms. The topological polar surface area (TPSA) is 78.0 Å². The van der Waals surface area contributed by atoms with E-state index < -0.39 is 5.41 Å². The Hall–Kier alpha value is -3.71. The van der Waals surface area contributed by atoms with Crippen LogP contribution in [-0.2, 0) is 14.3 Å². The van der Waals surface area contributed by atoms with E-state index in [9.17, 15) is 9.59 Å². The Kier molecular flexibility index (Phi) is 6.03. The minimum Gasteiger partial charge on any atom is -0.469 e. The molecule has 0 bridgehead atoms. The molecule has 0 radical (unpaired) electrons. The second kappa shape index (κ2) is 9.15. The summed E-state index contributed by atoms with van der Waals surface area (Å²) in [5.74, 6) is 0.806. The third-order valence-corrected chi connectivity index (χ3v) is 6.82. The number of carbonyl (C=O) groups excluding carboxylic acids is 2. The number of amides is 1. The molecule has 0 N–H and O–H groups in total. The number of esters is 1. The summed E-state index contributed by atoms with van der Waals surface area (Å²) >= 11 is 0. The number of morpholine rings is 1. The van der Waals surface area contributed by atoms with Gasteiger partial charge in [0, 0.05) is 53.5 Å². The summed E-state index contributed by atoms with van der Waals surface area (Å²) in [7, 11) is 1.41. The maximum absolute atomic E-state index is 12.8. The number of pyridine rings is 1. The largest absolute Gasteiger partial charge is 0.469 e. The van der Waals surface area contributed by atoms with Crippen molar-refractivity contribution in [1.29, 1.82) is 0 Å². The molecule has 0 aliphatic carbocycles. The van der Waals surface area contributed by atoms with Crippen molar-refractivity contribution in [2.45, 2.75) is 19.8 Å². The molecule has 180 valence electrons. The van der Waals surface area contributed by atoms with Crippen LogP contribution in [0.3, 0.4) is 0 Å². The van der Waals surface area contributed by atoms with E-state index >= 15 is 0 Å². The normalized spacial score (nSPS) is 17.1. The van der Waals surface area contributed by atoms with E-state index in [1.54, 1.807) is 6.20 Å². The summed E-state index contributed by atoms with van der Waals surface area (Å²) in [5.41, 5.74) is 3.17. The molecule has 3 heterocycles. The Morgan fingerprint density at radius 3 is 2.43 bits per heavy atom. The molecule has 2 aliphatic heterocycles. The van der Waals surface area contributed by atoms with Crippen molar-refractivity contribution in [1.82, 2.24) is 9.88 Å². The van der Waals surface area contributed by atoms with E-state index in [2.05, 4.69) is 0 Å². The van der Waals surface area contributed by atoms with Crippen LogP contribution < -0.4 is 4.74 Å². The fourth-order valence-corrected chi connectivity index (χ4v) is 4.90. The fourth-order valence-electron chi connectivity index (χ4n) is 4.90. The lowest BCUT2D eigenvalue weighted by Crippen LogP contribution is -2.40. The third-order valence-electron chi connectivity index (χ3n) is 6.82. The molecule has 1 fully saturated rings. The second-order valence-corrected chi connectivity index (χ2v) is 9.38. The second-order valence-electron chi connectivity index (χ2n) is 9.38. The first kappa shape index (κ1) is 23.1. The van der Waals surface area contributed by atoms with Crippen LogP contribution in [0.25, 0.3) is 11.3 Å². The van der Waals surface area contributed by atoms with Crippen LogP contribution in [-0.4, -0.2) is 55.2 Å². The molecule has 0 saturated carbocycles. The van der Waals surface area contributed by atoms with Crippen LogP contribution in [0, 0.1) is 5.41 Å². The zero-order valence-electron chi connectivity index (χ0n) is 20.1. The number of ether oxygens (including phenoxy) is 3. The maximum atomic E-state index is 12.8. The van der Waals surface area contributed by atoms with Crippen LogP contribution in [0.2, 0.25) is 0 Å². The van der Waals surface area contributed by atoms with Gasteiger partial charge in [-0.25, -0.2) is 0 Å². The molecule has 1 aromatic heterocycles. The van der Waals surface area contributed by atoms with E-state index in [0.717, 1.165) is 22.4 Å². The fraction of sp³-hybridized carbons (Fsp3) is 0.321. The first-order valence-electron chi connectivity index (χ1n) is 11.7. The summed E-state index contributed by atoms with van der Waals surface area (Å²) in [6.07, 6.45) is 1.78. The summed E-state index contributed by atoms with van der Waals surface area (Å²) in [6.45, 7) is 6.12. The molecule has 1 atom stereocenters. The van der Waals surface area contributed by atoms with Crippen molar-refractivity contribution < 1.29 is 23.8 Å². The molecule has 2 aromatic carbocycles. The summed E-state index contributed by atoms with van der Waals surface area (Å²) in [5, 5.41) is 0. The standard InChI is InChI=1S/C28H28N2O5/c1-28(2,27(32)33-3)25-20-6-4-5-7-23(20)35-24-16-22(29-17-21(24)25)18-8-10-19(11-9-18)26(31)30-12-14-34-15-13-30/h4-11,16-17,25H,12-15H2,1-3H3. The quantitative estimate of drug-likeness (QED) is 0.514. The van der Waals surface area contributed by atoms with E-state index in [4.69, 9.17) is 19.2 Å². The SMILES string of the molecule is COC(=O)C(C)(C)C1c2ccccc2Oc2cc(-c3ccc(C(=O)N4CCOCC4)cc3)ncc21. The van der Waals surface area contributed by atoms with Crippen LogP contribution in [0.5, 0.6) is 11.5 Å². The third kappa shape index (κ3) is 4.17. The molecule has 1 amide bonds. The predicted molar refractivity (Wildman–Crippen MR) is 131 cm³/mol. The van der Waals surface area contributed by atoms with Gasteiger partial charge in [-0.2, -0.15) is 0 Å². The Labute approximate surface area is 204 Å². The number of hydrogen-bond acceptors (Lipinski definition) is 6. The Bertz CT molecular complexity index is 1260. The number of hydrogen-bond donors (Lipinski definition) is 0. The molecule has 7 nitrogen and oxygen atoms in total. The highest BCUT2D eigenvalue weighted by atomic mass is 16.5. The van der Waals surface area contributed by atoms with Gasteiger partial charge in [0.05, 0.1) is 31.4 Å². The van der Waals surface area contributed by atoms with Crippen LogP contribution >= 0.6 is 0 Å².